The number of halogens is 3. The van der Waals surface area contributed by atoms with E-state index in [0.717, 1.165) is 0 Å². The molecule has 0 aliphatic carbocycles. The second-order valence-electron chi connectivity index (χ2n) is 8.59. The first kappa shape index (κ1) is 20.7. The van der Waals surface area contributed by atoms with Crippen molar-refractivity contribution in [1.82, 2.24) is 0 Å². The molecule has 0 aliphatic rings. The third kappa shape index (κ3) is 5.43. The number of hydrogen-bond acceptors (Lipinski definition) is 2. The lowest BCUT2D eigenvalue weighted by Crippen LogP contribution is -2.48. The van der Waals surface area contributed by atoms with Crippen LogP contribution in [0.5, 0.6) is 0 Å². The van der Waals surface area contributed by atoms with Crippen LogP contribution in [-0.4, -0.2) is 28.6 Å². The van der Waals surface area contributed by atoms with Crippen molar-refractivity contribution < 1.29 is 17.6 Å². The Labute approximate surface area is 129 Å². The summed E-state index contributed by atoms with van der Waals surface area (Å²) in [7, 11) is -5.04. The highest BCUT2D eigenvalue weighted by Crippen LogP contribution is 2.41. The third-order valence-electron chi connectivity index (χ3n) is 4.62. The van der Waals surface area contributed by atoms with Crippen LogP contribution >= 0.6 is 0 Å². The molecule has 2 nitrogen and oxygen atoms in total. The molecule has 0 bridgehead atoms. The molecule has 0 saturated carbocycles. The first-order valence-corrected chi connectivity index (χ1v) is 13.0. The van der Waals surface area contributed by atoms with Gasteiger partial charge in [0.25, 0.3) is 14.2 Å². The Morgan fingerprint density at radius 2 is 1.19 bits per heavy atom. The van der Waals surface area contributed by atoms with Gasteiger partial charge in [0, 0.05) is 0 Å². The molecule has 0 atom stereocenters. The Balaban J connectivity index is 5.77. The van der Waals surface area contributed by atoms with Gasteiger partial charge in [0.15, 0.2) is 8.24 Å². The van der Waals surface area contributed by atoms with Gasteiger partial charge in [0.05, 0.1) is 0 Å². The Morgan fingerprint density at radius 1 is 0.810 bits per heavy atom. The summed E-state index contributed by atoms with van der Waals surface area (Å²) in [5.74, 6) is -1.03. The molecule has 0 aliphatic heterocycles. The van der Waals surface area contributed by atoms with Crippen molar-refractivity contribution in [3.8, 4) is 0 Å². The zero-order chi connectivity index (χ0) is 17.5. The summed E-state index contributed by atoms with van der Waals surface area (Å²) in [6.45, 7) is 18.8. The molecule has 7 heteroatoms. The van der Waals surface area contributed by atoms with Gasteiger partial charge in [-0.2, -0.15) is 13.2 Å². The fourth-order valence-electron chi connectivity index (χ4n) is 0.960. The molecule has 0 unspecified atom stereocenters. The van der Waals surface area contributed by atoms with Crippen molar-refractivity contribution in [2.45, 2.75) is 84.0 Å². The van der Waals surface area contributed by atoms with Crippen molar-refractivity contribution in [2.24, 2.45) is 4.66 Å². The van der Waals surface area contributed by atoms with E-state index in [9.17, 15) is 13.2 Å². The predicted octanol–water partition coefficient (Wildman–Crippen LogP) is 5.97. The quantitative estimate of drug-likeness (QED) is 0.344. The van der Waals surface area contributed by atoms with Crippen LogP contribution in [0.25, 0.3) is 0 Å². The Kier molecular flexibility index (Phi) is 5.63. The summed E-state index contributed by atoms with van der Waals surface area (Å²) >= 11 is 0. The fraction of sp³-hybridized carbons (Fsp3) is 0.929. The minimum Gasteiger partial charge on any atom is -0.528 e. The average Bonchev–Trinajstić information content (AvgIpc) is 2.10. The minimum absolute atomic E-state index is 0.264. The Hall–Kier alpha value is -0.306. The lowest BCUT2D eigenvalue weighted by atomic mass is 10.2. The molecule has 0 aromatic carbocycles. The summed E-state index contributed by atoms with van der Waals surface area (Å²) in [5.41, 5.74) is 0. The first-order valence-electron chi connectivity index (χ1n) is 7.17. The van der Waals surface area contributed by atoms with E-state index in [-0.39, 0.29) is 10.1 Å². The van der Waals surface area contributed by atoms with Crippen LogP contribution in [0, 0.1) is 0 Å². The van der Waals surface area contributed by atoms with Gasteiger partial charge in [-0.15, -0.1) is 0 Å². The Morgan fingerprint density at radius 3 is 1.43 bits per heavy atom. The van der Waals surface area contributed by atoms with Gasteiger partial charge < -0.3 is 4.43 Å². The van der Waals surface area contributed by atoms with Crippen LogP contribution in [0.4, 0.5) is 13.2 Å². The maximum atomic E-state index is 13.3. The van der Waals surface area contributed by atoms with Crippen LogP contribution in [-0.2, 0) is 4.43 Å². The molecular formula is C14H30F3NOSi2. The van der Waals surface area contributed by atoms with Crippen molar-refractivity contribution in [1.29, 1.82) is 0 Å². The van der Waals surface area contributed by atoms with Crippen LogP contribution in [0.15, 0.2) is 4.66 Å². The highest BCUT2D eigenvalue weighted by molar-refractivity contribution is 6.80. The van der Waals surface area contributed by atoms with E-state index in [0.29, 0.717) is 0 Å². The molecule has 0 N–H and O–H groups in total. The zero-order valence-electron chi connectivity index (χ0n) is 15.0. The molecule has 0 spiro atoms. The van der Waals surface area contributed by atoms with Gasteiger partial charge in [-0.25, -0.2) is 0 Å². The fourth-order valence-corrected chi connectivity index (χ4v) is 3.02. The van der Waals surface area contributed by atoms with Crippen molar-refractivity contribution >= 4 is 22.5 Å². The zero-order valence-corrected chi connectivity index (χ0v) is 17.0. The number of alkyl halides is 3. The van der Waals surface area contributed by atoms with Crippen LogP contribution in [0.3, 0.4) is 0 Å². The SMILES string of the molecule is CC(C)(C)[Si](C)(C)/N=C(/O[Si](C)(C)C(C)(C)C)C(F)(F)F. The smallest absolute Gasteiger partial charge is 0.465 e. The topological polar surface area (TPSA) is 21.6 Å². The number of hydrogen-bond donors (Lipinski definition) is 0. The summed E-state index contributed by atoms with van der Waals surface area (Å²) in [5, 5.41) is -0.563. The second kappa shape index (κ2) is 5.72. The summed E-state index contributed by atoms with van der Waals surface area (Å²) in [6, 6.07) is 0. The molecular weight excluding hydrogens is 311 g/mol. The van der Waals surface area contributed by atoms with E-state index in [2.05, 4.69) is 4.66 Å². The molecule has 21 heavy (non-hydrogen) atoms. The second-order valence-corrected chi connectivity index (χ2v) is 18.2. The van der Waals surface area contributed by atoms with Gasteiger partial charge in [-0.05, 0) is 36.3 Å². The normalized spacial score (nSPS) is 16.1. The lowest BCUT2D eigenvalue weighted by molar-refractivity contribution is -0.0716. The molecule has 0 amide bonds. The average molecular weight is 342 g/mol. The molecule has 0 aromatic rings. The largest absolute Gasteiger partial charge is 0.528 e. The number of rotatable bonds is 2. The van der Waals surface area contributed by atoms with E-state index < -0.39 is 28.6 Å². The lowest BCUT2D eigenvalue weighted by Gasteiger charge is -2.39. The minimum atomic E-state index is -4.54. The molecule has 0 rings (SSSR count). The summed E-state index contributed by atoms with van der Waals surface area (Å²) in [4.78, 5) is 0. The van der Waals surface area contributed by atoms with Crippen molar-refractivity contribution in [3.05, 3.63) is 0 Å². The van der Waals surface area contributed by atoms with Gasteiger partial charge in [0.1, 0.15) is 0 Å². The van der Waals surface area contributed by atoms with E-state index in [1.807, 2.05) is 54.6 Å². The monoisotopic (exact) mass is 341 g/mol. The van der Waals surface area contributed by atoms with E-state index in [4.69, 9.17) is 4.43 Å². The van der Waals surface area contributed by atoms with Crippen molar-refractivity contribution in [2.75, 3.05) is 0 Å². The molecule has 0 aromatic heterocycles. The van der Waals surface area contributed by atoms with E-state index in [1.165, 1.54) is 0 Å². The van der Waals surface area contributed by atoms with Gasteiger partial charge in [0.2, 0.25) is 0 Å². The van der Waals surface area contributed by atoms with Crippen LogP contribution < -0.4 is 0 Å². The molecule has 0 radical (unpaired) electrons. The molecule has 0 fully saturated rings. The first-order chi connectivity index (χ1) is 8.81. The molecule has 0 heterocycles. The summed E-state index contributed by atoms with van der Waals surface area (Å²) < 4.78 is 49.6. The van der Waals surface area contributed by atoms with Gasteiger partial charge in [-0.1, -0.05) is 41.5 Å². The van der Waals surface area contributed by atoms with Crippen molar-refractivity contribution in [3.63, 3.8) is 0 Å². The van der Waals surface area contributed by atoms with E-state index in [1.54, 1.807) is 13.1 Å². The van der Waals surface area contributed by atoms with Gasteiger partial charge in [-0.3, -0.25) is 4.66 Å². The maximum absolute atomic E-state index is 13.3. The third-order valence-corrected chi connectivity index (χ3v) is 13.4. The molecule has 0 saturated heterocycles. The van der Waals surface area contributed by atoms with Crippen LogP contribution in [0.2, 0.25) is 36.3 Å². The highest BCUT2D eigenvalue weighted by Gasteiger charge is 2.48. The number of nitrogens with zero attached hydrogens (tertiary/aromatic N) is 1. The maximum Gasteiger partial charge on any atom is 0.465 e. The van der Waals surface area contributed by atoms with E-state index >= 15 is 0 Å². The summed E-state index contributed by atoms with van der Waals surface area (Å²) in [6.07, 6.45) is -4.54. The highest BCUT2D eigenvalue weighted by atomic mass is 28.4. The van der Waals surface area contributed by atoms with Crippen LogP contribution in [0.1, 0.15) is 41.5 Å². The predicted molar refractivity (Wildman–Crippen MR) is 89.0 cm³/mol. The standard InChI is InChI=1S/C14H30F3NOSi2/c1-12(2,3)20(7,8)18-11(14(15,16)17)19-21(9,10)13(4,5)6/h1-10H3/b18-11+. The van der Waals surface area contributed by atoms with Gasteiger partial charge >= 0.3 is 6.18 Å². The molecule has 126 valence electrons. The Bertz CT molecular complexity index is 402.